The van der Waals surface area contributed by atoms with E-state index in [2.05, 4.69) is 110 Å². The van der Waals surface area contributed by atoms with Gasteiger partial charge in [-0.3, -0.25) is 0 Å². The van der Waals surface area contributed by atoms with Crippen LogP contribution >= 0.6 is 0 Å². The van der Waals surface area contributed by atoms with E-state index < -0.39 is 0 Å². The highest BCUT2D eigenvalue weighted by Crippen LogP contribution is 2.33. The van der Waals surface area contributed by atoms with Gasteiger partial charge in [-0.15, -0.1) is 0 Å². The predicted octanol–water partition coefficient (Wildman–Crippen LogP) is 6.84. The Hall–Kier alpha value is -3.12. The van der Waals surface area contributed by atoms with Crippen molar-refractivity contribution >= 4 is 0 Å². The van der Waals surface area contributed by atoms with Crippen molar-refractivity contribution in [3.8, 4) is 11.1 Å². The van der Waals surface area contributed by atoms with Crippen LogP contribution in [0.15, 0.2) is 103 Å². The fourth-order valence-electron chi connectivity index (χ4n) is 3.78. The first-order chi connectivity index (χ1) is 13.3. The summed E-state index contributed by atoms with van der Waals surface area (Å²) in [7, 11) is 0. The van der Waals surface area contributed by atoms with Gasteiger partial charge in [-0.2, -0.15) is 0 Å². The lowest BCUT2D eigenvalue weighted by molar-refractivity contribution is 1.14. The van der Waals surface area contributed by atoms with Gasteiger partial charge in [0.05, 0.1) is 0 Å². The molecule has 0 fully saturated rings. The van der Waals surface area contributed by atoms with Crippen molar-refractivity contribution in [3.05, 3.63) is 131 Å². The van der Waals surface area contributed by atoms with Gasteiger partial charge < -0.3 is 0 Å². The summed E-state index contributed by atoms with van der Waals surface area (Å²) >= 11 is 0. The molecule has 4 aromatic rings. The lowest BCUT2D eigenvalue weighted by Crippen LogP contribution is -2.00. The van der Waals surface area contributed by atoms with Gasteiger partial charge in [0.2, 0.25) is 0 Å². The lowest BCUT2D eigenvalue weighted by Gasteiger charge is -2.18. The molecule has 0 heteroatoms. The van der Waals surface area contributed by atoms with E-state index in [-0.39, 0.29) is 0 Å². The molecule has 0 aliphatic heterocycles. The minimum absolute atomic E-state index is 0.952. The standard InChI is InChI=1S/C27H24/c1-21-11-8-9-18-26(21)27-24(19-22-12-4-2-5-13-22)16-10-17-25(27)20-23-14-6-3-7-15-23/h2-18H,19-20H2,1H3. The van der Waals surface area contributed by atoms with Crippen molar-refractivity contribution in [1.82, 2.24) is 0 Å². The first kappa shape index (κ1) is 17.3. The third-order valence-electron chi connectivity index (χ3n) is 5.13. The molecule has 0 unspecified atom stereocenters. The molecule has 0 spiro atoms. The van der Waals surface area contributed by atoms with E-state index >= 15 is 0 Å². The Morgan fingerprint density at radius 2 is 0.963 bits per heavy atom. The zero-order valence-corrected chi connectivity index (χ0v) is 15.7. The highest BCUT2D eigenvalue weighted by Gasteiger charge is 2.13. The molecule has 0 nitrogen and oxygen atoms in total. The van der Waals surface area contributed by atoms with Crippen LogP contribution in [0.4, 0.5) is 0 Å². The second-order valence-corrected chi connectivity index (χ2v) is 7.09. The van der Waals surface area contributed by atoms with Gasteiger partial charge in [0.1, 0.15) is 0 Å². The summed E-state index contributed by atoms with van der Waals surface area (Å²) in [4.78, 5) is 0. The first-order valence-corrected chi connectivity index (χ1v) is 9.56. The summed E-state index contributed by atoms with van der Waals surface area (Å²) < 4.78 is 0. The number of hydrogen-bond donors (Lipinski definition) is 0. The fourth-order valence-corrected chi connectivity index (χ4v) is 3.78. The van der Waals surface area contributed by atoms with Crippen molar-refractivity contribution < 1.29 is 0 Å². The van der Waals surface area contributed by atoms with Gasteiger partial charge in [0, 0.05) is 0 Å². The molecule has 0 saturated heterocycles. The van der Waals surface area contributed by atoms with Gasteiger partial charge in [0.25, 0.3) is 0 Å². The Morgan fingerprint density at radius 1 is 0.481 bits per heavy atom. The molecular weight excluding hydrogens is 324 g/mol. The van der Waals surface area contributed by atoms with Gasteiger partial charge in [-0.1, -0.05) is 103 Å². The summed E-state index contributed by atoms with van der Waals surface area (Å²) in [6.07, 6.45) is 1.90. The Bertz CT molecular complexity index is 954. The minimum Gasteiger partial charge on any atom is -0.0622 e. The van der Waals surface area contributed by atoms with Crippen LogP contribution in [-0.4, -0.2) is 0 Å². The normalized spacial score (nSPS) is 10.7. The summed E-state index contributed by atoms with van der Waals surface area (Å²) in [5, 5.41) is 0. The first-order valence-electron chi connectivity index (χ1n) is 9.56. The Morgan fingerprint density at radius 3 is 1.48 bits per heavy atom. The molecule has 27 heavy (non-hydrogen) atoms. The zero-order valence-electron chi connectivity index (χ0n) is 15.7. The molecule has 0 aromatic heterocycles. The molecule has 0 aliphatic rings. The van der Waals surface area contributed by atoms with Crippen molar-refractivity contribution in [1.29, 1.82) is 0 Å². The highest BCUT2D eigenvalue weighted by molar-refractivity contribution is 5.75. The van der Waals surface area contributed by atoms with E-state index in [1.165, 1.54) is 38.9 Å². The number of hydrogen-bond acceptors (Lipinski definition) is 0. The van der Waals surface area contributed by atoms with Crippen LogP contribution in [0, 0.1) is 6.92 Å². The SMILES string of the molecule is Cc1ccccc1-c1c(Cc2ccccc2)cccc1Cc1ccccc1. The Balaban J connectivity index is 1.83. The van der Waals surface area contributed by atoms with Crippen LogP contribution < -0.4 is 0 Å². The van der Waals surface area contributed by atoms with Gasteiger partial charge >= 0.3 is 0 Å². The summed E-state index contributed by atoms with van der Waals surface area (Å²) in [6.45, 7) is 2.21. The van der Waals surface area contributed by atoms with Crippen molar-refractivity contribution in [2.75, 3.05) is 0 Å². The van der Waals surface area contributed by atoms with E-state index in [4.69, 9.17) is 0 Å². The average Bonchev–Trinajstić information content (AvgIpc) is 2.71. The predicted molar refractivity (Wildman–Crippen MR) is 115 cm³/mol. The van der Waals surface area contributed by atoms with Crippen LogP contribution in [0.1, 0.15) is 27.8 Å². The fraction of sp³-hybridized carbons (Fsp3) is 0.111. The molecule has 0 N–H and O–H groups in total. The van der Waals surface area contributed by atoms with E-state index in [0.717, 1.165) is 12.8 Å². The molecule has 4 rings (SSSR count). The molecule has 0 atom stereocenters. The molecule has 132 valence electrons. The number of benzene rings is 4. The second-order valence-electron chi connectivity index (χ2n) is 7.09. The summed E-state index contributed by atoms with van der Waals surface area (Å²) in [5.41, 5.74) is 9.55. The largest absolute Gasteiger partial charge is 0.0622 e. The van der Waals surface area contributed by atoms with Crippen molar-refractivity contribution in [2.24, 2.45) is 0 Å². The van der Waals surface area contributed by atoms with Crippen LogP contribution in [0.25, 0.3) is 11.1 Å². The molecule has 0 radical (unpaired) electrons. The summed E-state index contributed by atoms with van der Waals surface area (Å²) in [5.74, 6) is 0. The average molecular weight is 348 g/mol. The van der Waals surface area contributed by atoms with Crippen LogP contribution in [0.2, 0.25) is 0 Å². The Labute approximate surface area is 162 Å². The molecule has 0 aliphatic carbocycles. The highest BCUT2D eigenvalue weighted by atomic mass is 14.2. The Kier molecular flexibility index (Phi) is 5.16. The van der Waals surface area contributed by atoms with Gasteiger partial charge in [0.15, 0.2) is 0 Å². The molecule has 0 saturated carbocycles. The minimum atomic E-state index is 0.952. The van der Waals surface area contributed by atoms with Crippen molar-refractivity contribution in [3.63, 3.8) is 0 Å². The van der Waals surface area contributed by atoms with Crippen LogP contribution in [0.3, 0.4) is 0 Å². The lowest BCUT2D eigenvalue weighted by atomic mass is 9.87. The summed E-state index contributed by atoms with van der Waals surface area (Å²) in [6, 6.07) is 37.0. The van der Waals surface area contributed by atoms with E-state index in [1.807, 2.05) is 0 Å². The van der Waals surface area contributed by atoms with Crippen LogP contribution in [0.5, 0.6) is 0 Å². The van der Waals surface area contributed by atoms with E-state index in [1.54, 1.807) is 0 Å². The zero-order chi connectivity index (χ0) is 18.5. The van der Waals surface area contributed by atoms with Gasteiger partial charge in [-0.25, -0.2) is 0 Å². The smallest absolute Gasteiger partial charge is 0.00195 e. The number of aryl methyl sites for hydroxylation is 1. The van der Waals surface area contributed by atoms with Gasteiger partial charge in [-0.05, 0) is 58.7 Å². The molecular formula is C27H24. The quantitative estimate of drug-likeness (QED) is 0.370. The maximum Gasteiger partial charge on any atom is -0.00195 e. The molecule has 0 bridgehead atoms. The molecule has 0 heterocycles. The number of rotatable bonds is 5. The maximum atomic E-state index is 2.28. The third kappa shape index (κ3) is 4.01. The van der Waals surface area contributed by atoms with E-state index in [9.17, 15) is 0 Å². The molecule has 4 aromatic carbocycles. The van der Waals surface area contributed by atoms with Crippen LogP contribution in [-0.2, 0) is 12.8 Å². The topological polar surface area (TPSA) is 0 Å². The molecule has 0 amide bonds. The maximum absolute atomic E-state index is 2.28. The van der Waals surface area contributed by atoms with Crippen molar-refractivity contribution in [2.45, 2.75) is 19.8 Å². The monoisotopic (exact) mass is 348 g/mol. The second kappa shape index (κ2) is 8.05. The van der Waals surface area contributed by atoms with E-state index in [0.29, 0.717) is 0 Å². The third-order valence-corrected chi connectivity index (χ3v) is 5.13.